The minimum absolute atomic E-state index is 0.0755. The molecule has 0 saturated carbocycles. The first-order valence-corrected chi connectivity index (χ1v) is 10.4. The molecule has 1 amide bonds. The van der Waals surface area contributed by atoms with Crippen molar-refractivity contribution >= 4 is 46.3 Å². The van der Waals surface area contributed by atoms with Crippen molar-refractivity contribution in [1.29, 1.82) is 0 Å². The lowest BCUT2D eigenvalue weighted by Gasteiger charge is -2.08. The molecule has 0 fully saturated rings. The van der Waals surface area contributed by atoms with Crippen molar-refractivity contribution in [2.75, 3.05) is 0 Å². The Labute approximate surface area is 182 Å². The van der Waals surface area contributed by atoms with Gasteiger partial charge in [-0.15, -0.1) is 0 Å². The monoisotopic (exact) mass is 436 g/mol. The SMILES string of the molecule is O=C(N/N=C/c1ccc(CSc2ncc[nH]2)c2ccccc12)c1ccc(O)c(Cl)c1. The molecular weight excluding hydrogens is 420 g/mol. The number of aromatic amines is 1. The minimum Gasteiger partial charge on any atom is -0.506 e. The van der Waals surface area contributed by atoms with Crippen LogP contribution in [0.3, 0.4) is 0 Å². The van der Waals surface area contributed by atoms with Gasteiger partial charge in [-0.1, -0.05) is 59.8 Å². The minimum atomic E-state index is -0.413. The number of carbonyl (C=O) groups excluding carboxylic acids is 1. The number of phenolic OH excluding ortho intramolecular Hbond substituents is 1. The van der Waals surface area contributed by atoms with Crippen molar-refractivity contribution in [2.24, 2.45) is 5.10 Å². The van der Waals surface area contributed by atoms with Crippen molar-refractivity contribution in [2.45, 2.75) is 10.9 Å². The number of carbonyl (C=O) groups is 1. The van der Waals surface area contributed by atoms with E-state index >= 15 is 0 Å². The second-order valence-electron chi connectivity index (χ2n) is 6.41. The summed E-state index contributed by atoms with van der Waals surface area (Å²) in [7, 11) is 0. The standard InChI is InChI=1S/C22H17ClN4O2S/c23-19-11-14(7-8-20(19)28)21(29)27-26-12-15-5-6-16(13-30-22-24-9-10-25-22)18-4-2-1-3-17(15)18/h1-12,28H,13H2,(H,24,25)(H,27,29)/b26-12+. The number of fused-ring (bicyclic) bond motifs is 1. The smallest absolute Gasteiger partial charge is 0.271 e. The summed E-state index contributed by atoms with van der Waals surface area (Å²) in [5.41, 5.74) is 4.88. The Kier molecular flexibility index (Phi) is 6.02. The Bertz CT molecular complexity index is 1230. The lowest BCUT2D eigenvalue weighted by atomic mass is 10.0. The van der Waals surface area contributed by atoms with E-state index in [9.17, 15) is 9.90 Å². The fourth-order valence-corrected chi connectivity index (χ4v) is 3.98. The van der Waals surface area contributed by atoms with Crippen LogP contribution in [0.5, 0.6) is 5.75 Å². The van der Waals surface area contributed by atoms with Crippen molar-refractivity contribution in [1.82, 2.24) is 15.4 Å². The molecule has 0 radical (unpaired) electrons. The molecular formula is C22H17ClN4O2S. The quantitative estimate of drug-likeness (QED) is 0.226. The van der Waals surface area contributed by atoms with Crippen LogP contribution in [0.4, 0.5) is 0 Å². The van der Waals surface area contributed by atoms with E-state index in [4.69, 9.17) is 11.6 Å². The number of amides is 1. The first kappa shape index (κ1) is 20.0. The number of halogens is 1. The fourth-order valence-electron chi connectivity index (χ4n) is 2.97. The van der Waals surface area contributed by atoms with Crippen molar-refractivity contribution < 1.29 is 9.90 Å². The van der Waals surface area contributed by atoms with Gasteiger partial charge in [0, 0.05) is 29.3 Å². The number of thioether (sulfide) groups is 1. The Balaban J connectivity index is 1.52. The number of nitrogens with one attached hydrogen (secondary N) is 2. The molecule has 150 valence electrons. The van der Waals surface area contributed by atoms with E-state index in [2.05, 4.69) is 32.6 Å². The van der Waals surface area contributed by atoms with Gasteiger partial charge in [0.1, 0.15) is 5.75 Å². The summed E-state index contributed by atoms with van der Waals surface area (Å²) in [5.74, 6) is 0.293. The number of rotatable bonds is 6. The van der Waals surface area contributed by atoms with E-state index in [1.165, 1.54) is 23.8 Å². The van der Waals surface area contributed by atoms with Gasteiger partial charge in [-0.05, 0) is 34.5 Å². The number of nitrogens with zero attached hydrogens (tertiary/aromatic N) is 2. The third kappa shape index (κ3) is 4.48. The van der Waals surface area contributed by atoms with E-state index < -0.39 is 5.91 Å². The molecule has 4 rings (SSSR count). The summed E-state index contributed by atoms with van der Waals surface area (Å²) in [5, 5.41) is 16.7. The molecule has 0 aliphatic carbocycles. The van der Waals surface area contributed by atoms with Gasteiger partial charge in [0.05, 0.1) is 11.2 Å². The summed E-state index contributed by atoms with van der Waals surface area (Å²) in [6.07, 6.45) is 5.16. The Morgan fingerprint density at radius 1 is 1.20 bits per heavy atom. The topological polar surface area (TPSA) is 90.4 Å². The summed E-state index contributed by atoms with van der Waals surface area (Å²) in [4.78, 5) is 19.6. The van der Waals surface area contributed by atoms with Gasteiger partial charge in [-0.25, -0.2) is 10.4 Å². The van der Waals surface area contributed by atoms with Gasteiger partial charge in [0.25, 0.3) is 5.91 Å². The number of hydrogen-bond donors (Lipinski definition) is 3. The van der Waals surface area contributed by atoms with E-state index in [1.54, 1.807) is 30.4 Å². The van der Waals surface area contributed by atoms with Crippen molar-refractivity contribution in [3.63, 3.8) is 0 Å². The lowest BCUT2D eigenvalue weighted by Crippen LogP contribution is -2.17. The second-order valence-corrected chi connectivity index (χ2v) is 7.78. The van der Waals surface area contributed by atoms with E-state index in [0.29, 0.717) is 5.56 Å². The van der Waals surface area contributed by atoms with Gasteiger partial charge in [-0.3, -0.25) is 4.79 Å². The molecule has 6 nitrogen and oxygen atoms in total. The number of hydrogen-bond acceptors (Lipinski definition) is 5. The molecule has 0 aliphatic rings. The highest BCUT2D eigenvalue weighted by molar-refractivity contribution is 7.98. The molecule has 0 aliphatic heterocycles. The number of aromatic hydroxyl groups is 1. The predicted molar refractivity (Wildman–Crippen MR) is 120 cm³/mol. The first-order chi connectivity index (χ1) is 14.6. The molecule has 8 heteroatoms. The fraction of sp³-hybridized carbons (Fsp3) is 0.0455. The number of hydrazone groups is 1. The zero-order chi connectivity index (χ0) is 20.9. The third-order valence-electron chi connectivity index (χ3n) is 4.47. The Morgan fingerprint density at radius 3 is 2.80 bits per heavy atom. The number of aromatic nitrogens is 2. The largest absolute Gasteiger partial charge is 0.506 e. The maximum Gasteiger partial charge on any atom is 0.271 e. The zero-order valence-electron chi connectivity index (χ0n) is 15.7. The van der Waals surface area contributed by atoms with Gasteiger partial charge >= 0.3 is 0 Å². The Hall–Kier alpha value is -3.29. The maximum absolute atomic E-state index is 12.2. The van der Waals surface area contributed by atoms with Crippen LogP contribution < -0.4 is 5.43 Å². The van der Waals surface area contributed by atoms with Gasteiger partial charge in [0.2, 0.25) is 0 Å². The number of benzene rings is 3. The molecule has 0 spiro atoms. The summed E-state index contributed by atoms with van der Waals surface area (Å²) >= 11 is 7.49. The highest BCUT2D eigenvalue weighted by atomic mass is 35.5. The van der Waals surface area contributed by atoms with Crippen LogP contribution in [0, 0.1) is 0 Å². The van der Waals surface area contributed by atoms with Crippen LogP contribution in [0.2, 0.25) is 5.02 Å². The zero-order valence-corrected chi connectivity index (χ0v) is 17.2. The molecule has 1 aromatic heterocycles. The van der Waals surface area contributed by atoms with Crippen LogP contribution in [-0.4, -0.2) is 27.2 Å². The molecule has 4 aromatic rings. The molecule has 30 heavy (non-hydrogen) atoms. The molecule has 0 unspecified atom stereocenters. The van der Waals surface area contributed by atoms with Crippen LogP contribution in [0.1, 0.15) is 21.5 Å². The van der Waals surface area contributed by atoms with Gasteiger partial charge < -0.3 is 10.1 Å². The second kappa shape index (κ2) is 9.02. The Morgan fingerprint density at radius 2 is 2.03 bits per heavy atom. The van der Waals surface area contributed by atoms with Gasteiger partial charge in [0.15, 0.2) is 5.16 Å². The van der Waals surface area contributed by atoms with Crippen LogP contribution in [0.25, 0.3) is 10.8 Å². The predicted octanol–water partition coefficient (Wildman–Crippen LogP) is 4.98. The third-order valence-corrected chi connectivity index (χ3v) is 5.72. The highest BCUT2D eigenvalue weighted by Crippen LogP contribution is 2.27. The number of phenols is 1. The first-order valence-electron chi connectivity index (χ1n) is 9.06. The number of imidazole rings is 1. The summed E-state index contributed by atoms with van der Waals surface area (Å²) < 4.78 is 0. The summed E-state index contributed by atoms with van der Waals surface area (Å²) in [6, 6.07) is 16.3. The molecule has 3 N–H and O–H groups in total. The molecule has 0 atom stereocenters. The highest BCUT2D eigenvalue weighted by Gasteiger charge is 2.08. The number of H-pyrrole nitrogens is 1. The van der Waals surface area contributed by atoms with Gasteiger partial charge in [-0.2, -0.15) is 5.10 Å². The molecule has 0 saturated heterocycles. The molecule has 0 bridgehead atoms. The molecule has 1 heterocycles. The van der Waals surface area contributed by atoms with E-state index in [1.807, 2.05) is 24.3 Å². The lowest BCUT2D eigenvalue weighted by molar-refractivity contribution is 0.0955. The van der Waals surface area contributed by atoms with E-state index in [-0.39, 0.29) is 10.8 Å². The van der Waals surface area contributed by atoms with Crippen molar-refractivity contribution in [3.05, 3.63) is 88.7 Å². The van der Waals surface area contributed by atoms with Crippen LogP contribution in [0.15, 0.2) is 77.2 Å². The van der Waals surface area contributed by atoms with Crippen LogP contribution >= 0.6 is 23.4 Å². The summed E-state index contributed by atoms with van der Waals surface area (Å²) in [6.45, 7) is 0. The average molecular weight is 437 g/mol. The van der Waals surface area contributed by atoms with Crippen molar-refractivity contribution in [3.8, 4) is 5.75 Å². The van der Waals surface area contributed by atoms with Crippen LogP contribution in [-0.2, 0) is 5.75 Å². The van der Waals surface area contributed by atoms with E-state index in [0.717, 1.165) is 27.2 Å². The molecule has 3 aromatic carbocycles. The normalized spacial score (nSPS) is 11.2. The maximum atomic E-state index is 12.2. The average Bonchev–Trinajstić information content (AvgIpc) is 3.28.